The van der Waals surface area contributed by atoms with E-state index in [0.29, 0.717) is 0 Å². The molecule has 1 aromatic carbocycles. The topological polar surface area (TPSA) is 0 Å². The van der Waals surface area contributed by atoms with E-state index in [9.17, 15) is 0 Å². The first-order valence-electron chi connectivity index (χ1n) is 4.48. The molecule has 0 aliphatic heterocycles. The quantitative estimate of drug-likeness (QED) is 0.602. The van der Waals surface area contributed by atoms with E-state index in [4.69, 9.17) is 0 Å². The lowest BCUT2D eigenvalue weighted by Gasteiger charge is -1.95. The molecule has 64 valence electrons. The zero-order valence-electron chi connectivity index (χ0n) is 7.70. The highest BCUT2D eigenvalue weighted by Gasteiger charge is 1.92. The largest absolute Gasteiger partial charge is 0.0617 e. The van der Waals surface area contributed by atoms with E-state index in [2.05, 4.69) is 61.6 Å². The van der Waals surface area contributed by atoms with Gasteiger partial charge < -0.3 is 0 Å². The summed E-state index contributed by atoms with van der Waals surface area (Å²) >= 11 is 0. The molecule has 0 heterocycles. The molecule has 0 spiro atoms. The van der Waals surface area contributed by atoms with Gasteiger partial charge in [-0.25, -0.2) is 0 Å². The zero-order valence-corrected chi connectivity index (χ0v) is 7.70. The van der Waals surface area contributed by atoms with Crippen LogP contribution in [0.1, 0.15) is 11.1 Å². The van der Waals surface area contributed by atoms with Crippen molar-refractivity contribution in [2.45, 2.75) is 6.92 Å². The Hall–Kier alpha value is -1.56. The van der Waals surface area contributed by atoms with Crippen LogP contribution in [0.25, 0.3) is 6.08 Å². The molecule has 0 fully saturated rings. The number of hydrogen-bond acceptors (Lipinski definition) is 0. The van der Waals surface area contributed by atoms with Crippen molar-refractivity contribution in [3.63, 3.8) is 0 Å². The SMILES string of the molecule is Cc1ccc(C=C2C=CC=C2)cc1. The predicted molar refractivity (Wildman–Crippen MR) is 57.4 cm³/mol. The van der Waals surface area contributed by atoms with E-state index < -0.39 is 0 Å². The Bertz CT molecular complexity index is 361. The van der Waals surface area contributed by atoms with Crippen molar-refractivity contribution in [2.75, 3.05) is 0 Å². The number of hydrogen-bond donors (Lipinski definition) is 0. The first-order chi connectivity index (χ1) is 6.34. The average molecular weight is 168 g/mol. The molecular formula is C13H12. The number of allylic oxidation sites excluding steroid dienone is 5. The molecule has 0 heteroatoms. The summed E-state index contributed by atoms with van der Waals surface area (Å²) in [5.41, 5.74) is 3.83. The second-order valence-electron chi connectivity index (χ2n) is 3.27. The molecule has 1 aliphatic rings. The van der Waals surface area contributed by atoms with Crippen molar-refractivity contribution >= 4 is 6.08 Å². The molecular weight excluding hydrogens is 156 g/mol. The van der Waals surface area contributed by atoms with Gasteiger partial charge in [0.1, 0.15) is 0 Å². The van der Waals surface area contributed by atoms with Gasteiger partial charge in [-0.2, -0.15) is 0 Å². The Balaban J connectivity index is 2.27. The summed E-state index contributed by atoms with van der Waals surface area (Å²) in [4.78, 5) is 0. The van der Waals surface area contributed by atoms with Gasteiger partial charge in [-0.3, -0.25) is 0 Å². The van der Waals surface area contributed by atoms with Crippen LogP contribution in [-0.4, -0.2) is 0 Å². The molecule has 0 radical (unpaired) electrons. The van der Waals surface area contributed by atoms with E-state index >= 15 is 0 Å². The smallest absolute Gasteiger partial charge is 0.0251 e. The number of rotatable bonds is 1. The summed E-state index contributed by atoms with van der Waals surface area (Å²) < 4.78 is 0. The van der Waals surface area contributed by atoms with Crippen molar-refractivity contribution in [3.05, 3.63) is 65.3 Å². The number of benzene rings is 1. The van der Waals surface area contributed by atoms with Gasteiger partial charge in [0.05, 0.1) is 0 Å². The molecule has 2 rings (SSSR count). The number of aryl methyl sites for hydroxylation is 1. The Morgan fingerprint density at radius 3 is 2.15 bits per heavy atom. The minimum absolute atomic E-state index is 1.26. The summed E-state index contributed by atoms with van der Waals surface area (Å²) in [7, 11) is 0. The van der Waals surface area contributed by atoms with Crippen LogP contribution in [0.2, 0.25) is 0 Å². The monoisotopic (exact) mass is 168 g/mol. The van der Waals surface area contributed by atoms with Gasteiger partial charge in [-0.15, -0.1) is 0 Å². The van der Waals surface area contributed by atoms with Crippen molar-refractivity contribution in [2.24, 2.45) is 0 Å². The van der Waals surface area contributed by atoms with Gasteiger partial charge in [-0.1, -0.05) is 54.1 Å². The highest BCUT2D eigenvalue weighted by atomic mass is 14.0. The maximum atomic E-state index is 2.18. The Morgan fingerprint density at radius 2 is 1.54 bits per heavy atom. The van der Waals surface area contributed by atoms with Gasteiger partial charge in [0.15, 0.2) is 0 Å². The van der Waals surface area contributed by atoms with Gasteiger partial charge in [0.2, 0.25) is 0 Å². The zero-order chi connectivity index (χ0) is 9.10. The van der Waals surface area contributed by atoms with Crippen LogP contribution in [0, 0.1) is 6.92 Å². The van der Waals surface area contributed by atoms with E-state index in [1.54, 1.807) is 0 Å². The first kappa shape index (κ1) is 8.06. The van der Waals surface area contributed by atoms with Crippen molar-refractivity contribution < 1.29 is 0 Å². The van der Waals surface area contributed by atoms with Crippen LogP contribution in [0.4, 0.5) is 0 Å². The molecule has 1 aromatic rings. The summed E-state index contributed by atoms with van der Waals surface area (Å²) in [5, 5.41) is 0. The summed E-state index contributed by atoms with van der Waals surface area (Å²) in [6, 6.07) is 8.55. The lowest BCUT2D eigenvalue weighted by Crippen LogP contribution is -1.75. The highest BCUT2D eigenvalue weighted by molar-refractivity contribution is 5.61. The minimum atomic E-state index is 1.26. The molecule has 0 N–H and O–H groups in total. The predicted octanol–water partition coefficient (Wildman–Crippen LogP) is 3.50. The molecule has 0 saturated heterocycles. The maximum Gasteiger partial charge on any atom is -0.0251 e. The summed E-state index contributed by atoms with van der Waals surface area (Å²) in [5.74, 6) is 0. The van der Waals surface area contributed by atoms with Crippen LogP contribution in [0.5, 0.6) is 0 Å². The summed E-state index contributed by atoms with van der Waals surface area (Å²) in [6.45, 7) is 2.10. The fraction of sp³-hybridized carbons (Fsp3) is 0.0769. The van der Waals surface area contributed by atoms with Gasteiger partial charge in [0.25, 0.3) is 0 Å². The molecule has 0 amide bonds. The summed E-state index contributed by atoms with van der Waals surface area (Å²) in [6.07, 6.45) is 10.5. The molecule has 0 unspecified atom stereocenters. The third-order valence-corrected chi connectivity index (χ3v) is 2.10. The fourth-order valence-corrected chi connectivity index (χ4v) is 1.34. The third kappa shape index (κ3) is 1.97. The molecule has 0 aromatic heterocycles. The second-order valence-corrected chi connectivity index (χ2v) is 3.27. The van der Waals surface area contributed by atoms with Crippen LogP contribution >= 0.6 is 0 Å². The van der Waals surface area contributed by atoms with E-state index in [1.807, 2.05) is 0 Å². The Labute approximate surface area is 78.9 Å². The van der Waals surface area contributed by atoms with E-state index in [0.717, 1.165) is 0 Å². The van der Waals surface area contributed by atoms with E-state index in [-0.39, 0.29) is 0 Å². The minimum Gasteiger partial charge on any atom is -0.0617 e. The fourth-order valence-electron chi connectivity index (χ4n) is 1.34. The van der Waals surface area contributed by atoms with Crippen molar-refractivity contribution in [3.8, 4) is 0 Å². The van der Waals surface area contributed by atoms with Crippen LogP contribution in [0.15, 0.2) is 54.1 Å². The van der Waals surface area contributed by atoms with Gasteiger partial charge >= 0.3 is 0 Å². The lowest BCUT2D eigenvalue weighted by atomic mass is 10.1. The maximum absolute atomic E-state index is 2.18. The normalized spacial score (nSPS) is 13.8. The molecule has 13 heavy (non-hydrogen) atoms. The molecule has 0 bridgehead atoms. The molecule has 0 atom stereocenters. The highest BCUT2D eigenvalue weighted by Crippen LogP contribution is 2.13. The average Bonchev–Trinajstić information content (AvgIpc) is 2.62. The van der Waals surface area contributed by atoms with Crippen LogP contribution in [-0.2, 0) is 0 Å². The van der Waals surface area contributed by atoms with Crippen molar-refractivity contribution in [1.82, 2.24) is 0 Å². The van der Waals surface area contributed by atoms with Crippen LogP contribution < -0.4 is 0 Å². The second kappa shape index (κ2) is 3.44. The molecule has 0 saturated carbocycles. The van der Waals surface area contributed by atoms with Gasteiger partial charge in [-0.05, 0) is 24.1 Å². The van der Waals surface area contributed by atoms with E-state index in [1.165, 1.54) is 16.7 Å². The first-order valence-corrected chi connectivity index (χ1v) is 4.48. The van der Waals surface area contributed by atoms with Gasteiger partial charge in [0, 0.05) is 0 Å². The van der Waals surface area contributed by atoms with Crippen LogP contribution in [0.3, 0.4) is 0 Å². The Kier molecular flexibility index (Phi) is 2.13. The lowest BCUT2D eigenvalue weighted by molar-refractivity contribution is 1.46. The Morgan fingerprint density at radius 1 is 0.923 bits per heavy atom. The molecule has 0 nitrogen and oxygen atoms in total. The molecule has 1 aliphatic carbocycles. The standard InChI is InChI=1S/C13H12/c1-11-6-8-13(9-7-11)10-12-4-2-3-5-12/h2-10H,1H3. The van der Waals surface area contributed by atoms with Crippen molar-refractivity contribution in [1.29, 1.82) is 0 Å². The third-order valence-electron chi connectivity index (χ3n) is 2.10.